The van der Waals surface area contributed by atoms with Gasteiger partial charge in [0.15, 0.2) is 0 Å². The van der Waals surface area contributed by atoms with Crippen LogP contribution in [0.15, 0.2) is 17.2 Å². The predicted octanol–water partition coefficient (Wildman–Crippen LogP) is 0.983. The number of aliphatic hydroxyl groups excluding tert-OH is 1. The third-order valence-electron chi connectivity index (χ3n) is 2.64. The van der Waals surface area contributed by atoms with Gasteiger partial charge < -0.3 is 10.4 Å². The SMILES string of the molecule is CC[C@@H](CO)Nc1nccc(C=C2SC(=O)NC2=O)n1. The number of carbonyl (C=O) groups excluding carboxylic acids is 2. The fraction of sp³-hybridized carbons (Fsp3) is 0.333. The molecule has 8 heteroatoms. The summed E-state index contributed by atoms with van der Waals surface area (Å²) in [7, 11) is 0. The largest absolute Gasteiger partial charge is 0.394 e. The highest BCUT2D eigenvalue weighted by molar-refractivity contribution is 8.18. The lowest BCUT2D eigenvalue weighted by atomic mass is 10.2. The highest BCUT2D eigenvalue weighted by Crippen LogP contribution is 2.25. The van der Waals surface area contributed by atoms with Crippen molar-refractivity contribution in [3.8, 4) is 0 Å². The van der Waals surface area contributed by atoms with Crippen LogP contribution in [-0.2, 0) is 4.79 Å². The molecule has 106 valence electrons. The average molecular weight is 294 g/mol. The van der Waals surface area contributed by atoms with Crippen LogP contribution in [0.3, 0.4) is 0 Å². The highest BCUT2D eigenvalue weighted by atomic mass is 32.2. The van der Waals surface area contributed by atoms with E-state index < -0.39 is 5.91 Å². The molecule has 1 aliphatic rings. The summed E-state index contributed by atoms with van der Waals surface area (Å²) in [4.78, 5) is 31.1. The Morgan fingerprint density at radius 1 is 1.55 bits per heavy atom. The van der Waals surface area contributed by atoms with E-state index in [9.17, 15) is 9.59 Å². The molecule has 0 aromatic carbocycles. The number of carbonyl (C=O) groups is 2. The molecular weight excluding hydrogens is 280 g/mol. The Balaban J connectivity index is 2.16. The number of anilines is 1. The molecule has 1 atom stereocenters. The van der Waals surface area contributed by atoms with Crippen LogP contribution in [0.5, 0.6) is 0 Å². The Kier molecular flexibility index (Phi) is 4.70. The van der Waals surface area contributed by atoms with Crippen molar-refractivity contribution >= 4 is 34.9 Å². The van der Waals surface area contributed by atoms with Gasteiger partial charge in [-0.05, 0) is 30.3 Å². The quantitative estimate of drug-likeness (QED) is 0.695. The van der Waals surface area contributed by atoms with Gasteiger partial charge in [0.05, 0.1) is 23.2 Å². The number of hydrogen-bond acceptors (Lipinski definition) is 7. The second-order valence-corrected chi connectivity index (χ2v) is 5.10. The number of amides is 2. The summed E-state index contributed by atoms with van der Waals surface area (Å²) in [6.45, 7) is 1.92. The lowest BCUT2D eigenvalue weighted by molar-refractivity contribution is -0.115. The van der Waals surface area contributed by atoms with E-state index in [2.05, 4.69) is 20.6 Å². The van der Waals surface area contributed by atoms with Crippen LogP contribution in [0.4, 0.5) is 10.7 Å². The van der Waals surface area contributed by atoms with E-state index in [0.717, 1.165) is 18.2 Å². The number of rotatable bonds is 5. The molecule has 0 saturated carbocycles. The molecule has 7 nitrogen and oxygen atoms in total. The normalized spacial score (nSPS) is 18.2. The van der Waals surface area contributed by atoms with Gasteiger partial charge in [0, 0.05) is 6.20 Å². The van der Waals surface area contributed by atoms with Gasteiger partial charge in [-0.15, -0.1) is 0 Å². The summed E-state index contributed by atoms with van der Waals surface area (Å²) in [5, 5.41) is 13.9. The van der Waals surface area contributed by atoms with Crippen molar-refractivity contribution in [2.45, 2.75) is 19.4 Å². The third kappa shape index (κ3) is 3.55. The Morgan fingerprint density at radius 3 is 2.95 bits per heavy atom. The molecule has 1 saturated heterocycles. The second-order valence-electron chi connectivity index (χ2n) is 4.09. The average Bonchev–Trinajstić information content (AvgIpc) is 2.74. The van der Waals surface area contributed by atoms with Crippen LogP contribution in [0.1, 0.15) is 19.0 Å². The number of thioether (sulfide) groups is 1. The molecule has 1 fully saturated rings. The van der Waals surface area contributed by atoms with Crippen LogP contribution in [-0.4, -0.2) is 38.9 Å². The zero-order valence-corrected chi connectivity index (χ0v) is 11.6. The second kappa shape index (κ2) is 6.49. The maximum atomic E-state index is 11.4. The maximum Gasteiger partial charge on any atom is 0.290 e. The summed E-state index contributed by atoms with van der Waals surface area (Å²) < 4.78 is 0. The van der Waals surface area contributed by atoms with Crippen LogP contribution in [0, 0.1) is 0 Å². The van der Waals surface area contributed by atoms with E-state index in [4.69, 9.17) is 5.11 Å². The topological polar surface area (TPSA) is 104 Å². The van der Waals surface area contributed by atoms with E-state index in [1.54, 1.807) is 12.3 Å². The van der Waals surface area contributed by atoms with Crippen molar-refractivity contribution in [2.75, 3.05) is 11.9 Å². The molecule has 0 unspecified atom stereocenters. The number of hydrogen-bond donors (Lipinski definition) is 3. The molecule has 1 aromatic rings. The Hall–Kier alpha value is -1.93. The number of aromatic nitrogens is 2. The predicted molar refractivity (Wildman–Crippen MR) is 75.9 cm³/mol. The van der Waals surface area contributed by atoms with E-state index >= 15 is 0 Å². The van der Waals surface area contributed by atoms with Gasteiger partial charge in [0.2, 0.25) is 5.95 Å². The van der Waals surface area contributed by atoms with Gasteiger partial charge in [-0.25, -0.2) is 9.97 Å². The first-order valence-electron chi connectivity index (χ1n) is 6.07. The fourth-order valence-electron chi connectivity index (χ4n) is 1.54. The molecule has 2 heterocycles. The smallest absolute Gasteiger partial charge is 0.290 e. The minimum Gasteiger partial charge on any atom is -0.394 e. The lowest BCUT2D eigenvalue weighted by Gasteiger charge is -2.13. The van der Waals surface area contributed by atoms with Gasteiger partial charge >= 0.3 is 0 Å². The zero-order chi connectivity index (χ0) is 14.5. The maximum absolute atomic E-state index is 11.4. The minimum atomic E-state index is -0.421. The van der Waals surface area contributed by atoms with Crippen molar-refractivity contribution in [1.82, 2.24) is 15.3 Å². The molecule has 0 radical (unpaired) electrons. The summed E-state index contributed by atoms with van der Waals surface area (Å²) in [5.41, 5.74) is 0.516. The Labute approximate surface area is 119 Å². The van der Waals surface area contributed by atoms with Crippen molar-refractivity contribution in [2.24, 2.45) is 0 Å². The highest BCUT2D eigenvalue weighted by Gasteiger charge is 2.25. The molecule has 1 aliphatic heterocycles. The Morgan fingerprint density at radius 2 is 2.35 bits per heavy atom. The molecule has 2 amide bonds. The Bertz CT molecular complexity index is 557. The number of nitrogens with one attached hydrogen (secondary N) is 2. The van der Waals surface area contributed by atoms with E-state index in [0.29, 0.717) is 16.5 Å². The zero-order valence-electron chi connectivity index (χ0n) is 10.8. The first kappa shape index (κ1) is 14.5. The molecule has 20 heavy (non-hydrogen) atoms. The van der Waals surface area contributed by atoms with Gasteiger partial charge in [0.25, 0.3) is 11.1 Å². The third-order valence-corrected chi connectivity index (χ3v) is 3.46. The molecule has 0 spiro atoms. The first-order chi connectivity index (χ1) is 9.62. The van der Waals surface area contributed by atoms with E-state index in [-0.39, 0.29) is 17.9 Å². The van der Waals surface area contributed by atoms with Gasteiger partial charge in [-0.2, -0.15) is 0 Å². The van der Waals surface area contributed by atoms with Crippen LogP contribution in [0.2, 0.25) is 0 Å². The molecular formula is C12H14N4O3S. The van der Waals surface area contributed by atoms with E-state index in [1.807, 2.05) is 6.92 Å². The fourth-order valence-corrected chi connectivity index (χ4v) is 2.20. The van der Waals surface area contributed by atoms with Crippen LogP contribution < -0.4 is 10.6 Å². The first-order valence-corrected chi connectivity index (χ1v) is 6.89. The van der Waals surface area contributed by atoms with Crippen molar-refractivity contribution in [1.29, 1.82) is 0 Å². The molecule has 2 rings (SSSR count). The van der Waals surface area contributed by atoms with Crippen LogP contribution >= 0.6 is 11.8 Å². The van der Waals surface area contributed by atoms with Gasteiger partial charge in [0.1, 0.15) is 0 Å². The number of aliphatic hydroxyl groups is 1. The monoisotopic (exact) mass is 294 g/mol. The van der Waals surface area contributed by atoms with Gasteiger partial charge in [-0.3, -0.25) is 14.9 Å². The van der Waals surface area contributed by atoms with Crippen LogP contribution in [0.25, 0.3) is 6.08 Å². The van der Waals surface area contributed by atoms with Gasteiger partial charge in [-0.1, -0.05) is 6.92 Å². The summed E-state index contributed by atoms with van der Waals surface area (Å²) >= 11 is 0.838. The lowest BCUT2D eigenvalue weighted by Crippen LogP contribution is -2.23. The molecule has 1 aromatic heterocycles. The minimum absolute atomic E-state index is 0.0159. The number of imide groups is 1. The summed E-state index contributed by atoms with van der Waals surface area (Å²) in [5.74, 6) is -0.0510. The van der Waals surface area contributed by atoms with Crippen molar-refractivity contribution in [3.05, 3.63) is 22.9 Å². The van der Waals surface area contributed by atoms with E-state index in [1.165, 1.54) is 6.08 Å². The molecule has 0 bridgehead atoms. The standard InChI is InChI=1S/C12H14N4O3S/c1-2-7(6-17)14-11-13-4-3-8(15-11)5-9-10(18)16-12(19)20-9/h3-5,7,17H,2,6H2,1H3,(H,13,14,15)(H,16,18,19)/t7-/m0/s1. The molecule has 3 N–H and O–H groups in total. The number of nitrogens with zero attached hydrogens (tertiary/aromatic N) is 2. The summed E-state index contributed by atoms with van der Waals surface area (Å²) in [6.07, 6.45) is 3.81. The van der Waals surface area contributed by atoms with Crippen molar-refractivity contribution in [3.63, 3.8) is 0 Å². The van der Waals surface area contributed by atoms with Crippen molar-refractivity contribution < 1.29 is 14.7 Å². The summed E-state index contributed by atoms with van der Waals surface area (Å²) in [6, 6.07) is 1.51. The molecule has 0 aliphatic carbocycles.